The molecule has 0 aliphatic heterocycles. The van der Waals surface area contributed by atoms with E-state index < -0.39 is 0 Å². The van der Waals surface area contributed by atoms with Gasteiger partial charge < -0.3 is 20.1 Å². The molecule has 0 unspecified atom stereocenters. The standard InChI is InChI=1S/C16H18N2O3/c1-20-14-8-5-9-15(12-14)21-11-10-17-16(19)18-13-6-3-2-4-7-13/h2-9,12H,10-11H2,1H3,(H2,17,18,19). The van der Waals surface area contributed by atoms with Crippen LogP contribution in [0.15, 0.2) is 54.6 Å². The molecule has 0 saturated carbocycles. The molecule has 110 valence electrons. The summed E-state index contributed by atoms with van der Waals surface area (Å²) in [6, 6.07) is 16.3. The second-order valence-corrected chi connectivity index (χ2v) is 4.27. The highest BCUT2D eigenvalue weighted by Crippen LogP contribution is 2.18. The number of benzene rings is 2. The van der Waals surface area contributed by atoms with Crippen LogP contribution in [0.1, 0.15) is 0 Å². The lowest BCUT2D eigenvalue weighted by Gasteiger charge is -2.09. The van der Waals surface area contributed by atoms with Crippen molar-refractivity contribution in [1.29, 1.82) is 0 Å². The third kappa shape index (κ3) is 5.06. The highest BCUT2D eigenvalue weighted by Gasteiger charge is 2.01. The molecule has 2 rings (SSSR count). The Morgan fingerprint density at radius 3 is 2.57 bits per heavy atom. The van der Waals surface area contributed by atoms with Crippen LogP contribution in [0.3, 0.4) is 0 Å². The molecular formula is C16H18N2O3. The van der Waals surface area contributed by atoms with Gasteiger partial charge in [0, 0.05) is 11.8 Å². The topological polar surface area (TPSA) is 59.6 Å². The van der Waals surface area contributed by atoms with Crippen molar-refractivity contribution >= 4 is 11.7 Å². The molecule has 0 bridgehead atoms. The summed E-state index contributed by atoms with van der Waals surface area (Å²) in [4.78, 5) is 11.6. The van der Waals surface area contributed by atoms with Crippen LogP contribution in [0, 0.1) is 0 Å². The molecule has 2 aromatic rings. The Kier molecular flexibility index (Phi) is 5.46. The van der Waals surface area contributed by atoms with E-state index in [0.29, 0.717) is 18.9 Å². The van der Waals surface area contributed by atoms with Gasteiger partial charge in [-0.3, -0.25) is 0 Å². The Balaban J connectivity index is 1.68. The van der Waals surface area contributed by atoms with E-state index in [4.69, 9.17) is 9.47 Å². The number of rotatable bonds is 6. The summed E-state index contributed by atoms with van der Waals surface area (Å²) in [5.41, 5.74) is 0.753. The summed E-state index contributed by atoms with van der Waals surface area (Å²) in [6.45, 7) is 0.797. The number of para-hydroxylation sites is 1. The van der Waals surface area contributed by atoms with Gasteiger partial charge in [-0.05, 0) is 24.3 Å². The molecule has 0 aliphatic carbocycles. The third-order valence-electron chi connectivity index (χ3n) is 2.73. The number of amides is 2. The fourth-order valence-electron chi connectivity index (χ4n) is 1.72. The van der Waals surface area contributed by atoms with E-state index >= 15 is 0 Å². The minimum atomic E-state index is -0.254. The molecule has 2 amide bonds. The van der Waals surface area contributed by atoms with Crippen LogP contribution in [-0.4, -0.2) is 26.3 Å². The van der Waals surface area contributed by atoms with Crippen LogP contribution in [-0.2, 0) is 0 Å². The second-order valence-electron chi connectivity index (χ2n) is 4.27. The number of hydrogen-bond acceptors (Lipinski definition) is 3. The van der Waals surface area contributed by atoms with Gasteiger partial charge in [0.25, 0.3) is 0 Å². The fourth-order valence-corrected chi connectivity index (χ4v) is 1.72. The van der Waals surface area contributed by atoms with Crippen LogP contribution in [0.4, 0.5) is 10.5 Å². The first-order valence-corrected chi connectivity index (χ1v) is 6.64. The van der Waals surface area contributed by atoms with E-state index in [1.807, 2.05) is 48.5 Å². The number of carbonyl (C=O) groups excluding carboxylic acids is 1. The zero-order valence-electron chi connectivity index (χ0n) is 11.8. The average molecular weight is 286 g/mol. The summed E-state index contributed by atoms with van der Waals surface area (Å²) in [5, 5.41) is 5.46. The zero-order valence-corrected chi connectivity index (χ0v) is 11.8. The van der Waals surface area contributed by atoms with Crippen molar-refractivity contribution in [2.24, 2.45) is 0 Å². The first kappa shape index (κ1) is 14.7. The normalized spacial score (nSPS) is 9.76. The van der Waals surface area contributed by atoms with Gasteiger partial charge in [-0.1, -0.05) is 24.3 Å². The van der Waals surface area contributed by atoms with Gasteiger partial charge in [0.05, 0.1) is 13.7 Å². The molecular weight excluding hydrogens is 268 g/mol. The van der Waals surface area contributed by atoms with Gasteiger partial charge in [0.2, 0.25) is 0 Å². The van der Waals surface area contributed by atoms with Gasteiger partial charge in [0.1, 0.15) is 18.1 Å². The van der Waals surface area contributed by atoms with E-state index in [2.05, 4.69) is 10.6 Å². The van der Waals surface area contributed by atoms with E-state index in [-0.39, 0.29) is 6.03 Å². The summed E-state index contributed by atoms with van der Waals surface area (Å²) in [6.07, 6.45) is 0. The van der Waals surface area contributed by atoms with E-state index in [1.165, 1.54) is 0 Å². The lowest BCUT2D eigenvalue weighted by Crippen LogP contribution is -2.32. The van der Waals surface area contributed by atoms with E-state index in [0.717, 1.165) is 11.4 Å². The minimum absolute atomic E-state index is 0.254. The average Bonchev–Trinajstić information content (AvgIpc) is 2.53. The van der Waals surface area contributed by atoms with Crippen molar-refractivity contribution < 1.29 is 14.3 Å². The van der Waals surface area contributed by atoms with Crippen LogP contribution >= 0.6 is 0 Å². The van der Waals surface area contributed by atoms with Crippen LogP contribution in [0.5, 0.6) is 11.5 Å². The quantitative estimate of drug-likeness (QED) is 0.803. The lowest BCUT2D eigenvalue weighted by molar-refractivity contribution is 0.247. The summed E-state index contributed by atoms with van der Waals surface area (Å²) in [5.74, 6) is 1.45. The molecule has 0 heterocycles. The summed E-state index contributed by atoms with van der Waals surface area (Å²) >= 11 is 0. The maximum Gasteiger partial charge on any atom is 0.319 e. The Morgan fingerprint density at radius 2 is 1.81 bits per heavy atom. The summed E-state index contributed by atoms with van der Waals surface area (Å²) in [7, 11) is 1.61. The number of anilines is 1. The number of ether oxygens (including phenoxy) is 2. The van der Waals surface area contributed by atoms with Gasteiger partial charge in [0.15, 0.2) is 0 Å². The first-order valence-electron chi connectivity index (χ1n) is 6.64. The zero-order chi connectivity index (χ0) is 14.9. The van der Waals surface area contributed by atoms with Crippen LogP contribution in [0.25, 0.3) is 0 Å². The molecule has 0 radical (unpaired) electrons. The molecule has 2 aromatic carbocycles. The van der Waals surface area contributed by atoms with Crippen molar-refractivity contribution in [3.8, 4) is 11.5 Å². The minimum Gasteiger partial charge on any atom is -0.497 e. The van der Waals surface area contributed by atoms with Crippen molar-refractivity contribution in [3.63, 3.8) is 0 Å². The number of carbonyl (C=O) groups is 1. The third-order valence-corrected chi connectivity index (χ3v) is 2.73. The Hall–Kier alpha value is -2.69. The predicted octanol–water partition coefficient (Wildman–Crippen LogP) is 2.90. The largest absolute Gasteiger partial charge is 0.497 e. The number of methoxy groups -OCH3 is 1. The lowest BCUT2D eigenvalue weighted by atomic mass is 10.3. The molecule has 0 atom stereocenters. The smallest absolute Gasteiger partial charge is 0.319 e. The number of nitrogens with one attached hydrogen (secondary N) is 2. The molecule has 0 spiro atoms. The van der Waals surface area contributed by atoms with Gasteiger partial charge >= 0.3 is 6.03 Å². The van der Waals surface area contributed by atoms with Gasteiger partial charge in [-0.15, -0.1) is 0 Å². The van der Waals surface area contributed by atoms with E-state index in [9.17, 15) is 4.79 Å². The maximum atomic E-state index is 11.6. The second kappa shape index (κ2) is 7.79. The molecule has 0 saturated heterocycles. The van der Waals surface area contributed by atoms with Crippen LogP contribution < -0.4 is 20.1 Å². The van der Waals surface area contributed by atoms with Crippen molar-refractivity contribution in [2.75, 3.05) is 25.6 Å². The van der Waals surface area contributed by atoms with Gasteiger partial charge in [-0.25, -0.2) is 4.79 Å². The summed E-state index contributed by atoms with van der Waals surface area (Å²) < 4.78 is 10.6. The van der Waals surface area contributed by atoms with Crippen molar-refractivity contribution in [3.05, 3.63) is 54.6 Å². The highest BCUT2D eigenvalue weighted by atomic mass is 16.5. The fraction of sp³-hybridized carbons (Fsp3) is 0.188. The molecule has 0 aromatic heterocycles. The Morgan fingerprint density at radius 1 is 1.05 bits per heavy atom. The molecule has 0 aliphatic rings. The maximum absolute atomic E-state index is 11.6. The molecule has 0 fully saturated rings. The molecule has 5 heteroatoms. The number of urea groups is 1. The first-order chi connectivity index (χ1) is 10.3. The monoisotopic (exact) mass is 286 g/mol. The highest BCUT2D eigenvalue weighted by molar-refractivity contribution is 5.89. The van der Waals surface area contributed by atoms with Crippen molar-refractivity contribution in [1.82, 2.24) is 5.32 Å². The van der Waals surface area contributed by atoms with Gasteiger partial charge in [-0.2, -0.15) is 0 Å². The SMILES string of the molecule is COc1cccc(OCCNC(=O)Nc2ccccc2)c1. The number of hydrogen-bond donors (Lipinski definition) is 2. The molecule has 5 nitrogen and oxygen atoms in total. The molecule has 21 heavy (non-hydrogen) atoms. The van der Waals surface area contributed by atoms with E-state index in [1.54, 1.807) is 13.2 Å². The van der Waals surface area contributed by atoms with Crippen molar-refractivity contribution in [2.45, 2.75) is 0 Å². The Labute approximate surface area is 123 Å². The van der Waals surface area contributed by atoms with Crippen LogP contribution in [0.2, 0.25) is 0 Å². The predicted molar refractivity (Wildman–Crippen MR) is 82.0 cm³/mol. The molecule has 2 N–H and O–H groups in total. The Bertz CT molecular complexity index is 573.